The summed E-state index contributed by atoms with van der Waals surface area (Å²) in [5.41, 5.74) is 7.93. The third kappa shape index (κ3) is 2.94. The van der Waals surface area contributed by atoms with Crippen LogP contribution >= 0.6 is 0 Å². The lowest BCUT2D eigenvalue weighted by Crippen LogP contribution is -2.21. The van der Waals surface area contributed by atoms with Gasteiger partial charge in [-0.15, -0.1) is 0 Å². The van der Waals surface area contributed by atoms with Crippen LogP contribution in [0.15, 0.2) is 18.2 Å². The molecule has 0 aliphatic heterocycles. The summed E-state index contributed by atoms with van der Waals surface area (Å²) in [5, 5.41) is 3.32. The molecule has 0 unspecified atom stereocenters. The first-order chi connectivity index (χ1) is 8.70. The molecule has 0 radical (unpaired) electrons. The summed E-state index contributed by atoms with van der Waals surface area (Å²) < 4.78 is 4.97. The second-order valence-corrected chi connectivity index (χ2v) is 4.70. The first-order valence-corrected chi connectivity index (χ1v) is 6.51. The van der Waals surface area contributed by atoms with Gasteiger partial charge < -0.3 is 15.8 Å². The zero-order valence-electron chi connectivity index (χ0n) is 10.7. The van der Waals surface area contributed by atoms with Crippen LogP contribution in [-0.4, -0.2) is 19.1 Å². The summed E-state index contributed by atoms with van der Waals surface area (Å²) in [7, 11) is 0. The highest BCUT2D eigenvalue weighted by atomic mass is 16.5. The predicted octanol–water partition coefficient (Wildman–Crippen LogP) is 2.66. The van der Waals surface area contributed by atoms with Crippen molar-refractivity contribution in [1.82, 2.24) is 0 Å². The summed E-state index contributed by atoms with van der Waals surface area (Å²) in [4.78, 5) is 11.6. The maximum Gasteiger partial charge on any atom is 0.338 e. The lowest BCUT2D eigenvalue weighted by Gasteiger charge is -2.26. The van der Waals surface area contributed by atoms with E-state index in [0.29, 0.717) is 17.9 Å². The van der Waals surface area contributed by atoms with E-state index in [0.717, 1.165) is 18.2 Å². The van der Waals surface area contributed by atoms with Crippen LogP contribution in [0.5, 0.6) is 0 Å². The second-order valence-electron chi connectivity index (χ2n) is 4.70. The number of esters is 1. The van der Waals surface area contributed by atoms with E-state index in [9.17, 15) is 4.79 Å². The molecule has 0 spiro atoms. The van der Waals surface area contributed by atoms with Crippen molar-refractivity contribution in [1.29, 1.82) is 0 Å². The molecule has 0 amide bonds. The second kappa shape index (κ2) is 5.76. The maximum atomic E-state index is 11.6. The van der Waals surface area contributed by atoms with Crippen LogP contribution in [0.3, 0.4) is 0 Å². The van der Waals surface area contributed by atoms with Gasteiger partial charge in [-0.05, 0) is 43.9 Å². The van der Waals surface area contributed by atoms with Gasteiger partial charge in [-0.1, -0.05) is 6.42 Å². The standard InChI is InChI=1S/C14H20N2O2/c1-2-18-14(17)11-6-7-12(15)13(8-11)16-9-10-4-3-5-10/h6-8,10,16H,2-5,9,15H2,1H3. The summed E-state index contributed by atoms with van der Waals surface area (Å²) in [6.07, 6.45) is 3.89. The molecule has 98 valence electrons. The molecule has 1 aromatic rings. The Bertz CT molecular complexity index is 428. The van der Waals surface area contributed by atoms with Gasteiger partial charge in [-0.3, -0.25) is 0 Å². The summed E-state index contributed by atoms with van der Waals surface area (Å²) in [5.74, 6) is 0.444. The quantitative estimate of drug-likeness (QED) is 0.621. The number of carbonyl (C=O) groups excluding carboxylic acids is 1. The van der Waals surface area contributed by atoms with E-state index in [1.807, 2.05) is 0 Å². The number of ether oxygens (including phenoxy) is 1. The number of hydrogen-bond donors (Lipinski definition) is 2. The van der Waals surface area contributed by atoms with Crippen molar-refractivity contribution in [3.63, 3.8) is 0 Å². The third-order valence-electron chi connectivity index (χ3n) is 3.37. The predicted molar refractivity (Wildman–Crippen MR) is 72.6 cm³/mol. The fourth-order valence-electron chi connectivity index (χ4n) is 2.00. The minimum Gasteiger partial charge on any atom is -0.462 e. The highest BCUT2D eigenvalue weighted by Crippen LogP contribution is 2.28. The van der Waals surface area contributed by atoms with Gasteiger partial charge in [0.15, 0.2) is 0 Å². The highest BCUT2D eigenvalue weighted by molar-refractivity contribution is 5.92. The first-order valence-electron chi connectivity index (χ1n) is 6.51. The Kier molecular flexibility index (Phi) is 4.07. The van der Waals surface area contributed by atoms with E-state index in [-0.39, 0.29) is 5.97 Å². The molecule has 18 heavy (non-hydrogen) atoms. The van der Waals surface area contributed by atoms with Crippen molar-refractivity contribution >= 4 is 17.3 Å². The molecular weight excluding hydrogens is 228 g/mol. The number of benzene rings is 1. The van der Waals surface area contributed by atoms with Crippen molar-refractivity contribution in [2.24, 2.45) is 5.92 Å². The van der Waals surface area contributed by atoms with E-state index >= 15 is 0 Å². The molecule has 3 N–H and O–H groups in total. The normalized spacial score (nSPS) is 14.9. The molecule has 1 saturated carbocycles. The largest absolute Gasteiger partial charge is 0.462 e. The molecule has 1 aliphatic rings. The van der Waals surface area contributed by atoms with Gasteiger partial charge in [0.25, 0.3) is 0 Å². The lowest BCUT2D eigenvalue weighted by molar-refractivity contribution is 0.0526. The average Bonchev–Trinajstić information content (AvgIpc) is 2.29. The molecule has 1 fully saturated rings. The van der Waals surface area contributed by atoms with Crippen LogP contribution in [0.25, 0.3) is 0 Å². The Hall–Kier alpha value is -1.71. The first kappa shape index (κ1) is 12.7. The Morgan fingerprint density at radius 3 is 2.89 bits per heavy atom. The zero-order chi connectivity index (χ0) is 13.0. The number of rotatable bonds is 5. The van der Waals surface area contributed by atoms with Crippen molar-refractivity contribution in [2.45, 2.75) is 26.2 Å². The van der Waals surface area contributed by atoms with Gasteiger partial charge in [0.1, 0.15) is 0 Å². The summed E-state index contributed by atoms with van der Waals surface area (Å²) in [6, 6.07) is 5.21. The topological polar surface area (TPSA) is 64.3 Å². The van der Waals surface area contributed by atoms with Crippen LogP contribution in [0.2, 0.25) is 0 Å². The molecule has 0 aromatic heterocycles. The van der Waals surface area contributed by atoms with Gasteiger partial charge in [0.2, 0.25) is 0 Å². The molecule has 1 aliphatic carbocycles. The van der Waals surface area contributed by atoms with Gasteiger partial charge in [-0.25, -0.2) is 4.79 Å². The third-order valence-corrected chi connectivity index (χ3v) is 3.37. The van der Waals surface area contributed by atoms with Crippen molar-refractivity contribution in [2.75, 3.05) is 24.2 Å². The van der Waals surface area contributed by atoms with E-state index in [2.05, 4.69) is 5.32 Å². The Labute approximate surface area is 108 Å². The molecule has 0 heterocycles. The number of hydrogen-bond acceptors (Lipinski definition) is 4. The van der Waals surface area contributed by atoms with E-state index in [1.54, 1.807) is 25.1 Å². The summed E-state index contributed by atoms with van der Waals surface area (Å²) >= 11 is 0. The molecular formula is C14H20N2O2. The molecule has 0 bridgehead atoms. The fraction of sp³-hybridized carbons (Fsp3) is 0.500. The van der Waals surface area contributed by atoms with E-state index in [4.69, 9.17) is 10.5 Å². The Morgan fingerprint density at radius 1 is 1.50 bits per heavy atom. The van der Waals surface area contributed by atoms with Crippen LogP contribution in [0.4, 0.5) is 11.4 Å². The van der Waals surface area contributed by atoms with Crippen molar-refractivity contribution in [3.8, 4) is 0 Å². The number of carbonyl (C=O) groups is 1. The van der Waals surface area contributed by atoms with Crippen LogP contribution < -0.4 is 11.1 Å². The van der Waals surface area contributed by atoms with Crippen LogP contribution in [0.1, 0.15) is 36.5 Å². The fourth-order valence-corrected chi connectivity index (χ4v) is 2.00. The Balaban J connectivity index is 2.03. The number of nitrogen functional groups attached to an aromatic ring is 1. The lowest BCUT2D eigenvalue weighted by atomic mass is 9.85. The average molecular weight is 248 g/mol. The molecule has 1 aromatic carbocycles. The van der Waals surface area contributed by atoms with E-state index in [1.165, 1.54) is 19.3 Å². The molecule has 4 nitrogen and oxygen atoms in total. The zero-order valence-corrected chi connectivity index (χ0v) is 10.7. The van der Waals surface area contributed by atoms with Gasteiger partial charge in [-0.2, -0.15) is 0 Å². The minimum absolute atomic E-state index is 0.302. The molecule has 0 atom stereocenters. The van der Waals surface area contributed by atoms with Crippen molar-refractivity contribution < 1.29 is 9.53 Å². The van der Waals surface area contributed by atoms with E-state index < -0.39 is 0 Å². The maximum absolute atomic E-state index is 11.6. The van der Waals surface area contributed by atoms with Crippen LogP contribution in [-0.2, 0) is 4.74 Å². The molecule has 0 saturated heterocycles. The highest BCUT2D eigenvalue weighted by Gasteiger charge is 2.17. The summed E-state index contributed by atoms with van der Waals surface area (Å²) in [6.45, 7) is 3.11. The molecule has 4 heteroatoms. The smallest absolute Gasteiger partial charge is 0.338 e. The van der Waals surface area contributed by atoms with Crippen LogP contribution in [0, 0.1) is 5.92 Å². The van der Waals surface area contributed by atoms with Gasteiger partial charge >= 0.3 is 5.97 Å². The van der Waals surface area contributed by atoms with Gasteiger partial charge in [0.05, 0.1) is 23.5 Å². The number of nitrogens with two attached hydrogens (primary N) is 1. The van der Waals surface area contributed by atoms with Gasteiger partial charge in [0, 0.05) is 6.54 Å². The Morgan fingerprint density at radius 2 is 2.28 bits per heavy atom. The SMILES string of the molecule is CCOC(=O)c1ccc(N)c(NCC2CCC2)c1. The molecule has 2 rings (SSSR count). The van der Waals surface area contributed by atoms with Crippen molar-refractivity contribution in [3.05, 3.63) is 23.8 Å². The number of nitrogens with one attached hydrogen (secondary N) is 1. The minimum atomic E-state index is -0.302. The number of anilines is 2. The monoisotopic (exact) mass is 248 g/mol.